The largest absolute Gasteiger partial charge is 0.193 e. The van der Waals surface area contributed by atoms with E-state index in [1.54, 1.807) is 0 Å². The summed E-state index contributed by atoms with van der Waals surface area (Å²) in [7, 11) is 0. The lowest BCUT2D eigenvalue weighted by molar-refractivity contribution is 1.53. The minimum atomic E-state index is 0.449. The lowest BCUT2D eigenvalue weighted by atomic mass is 10.2. The first kappa shape index (κ1) is 9.31. The molecule has 0 aliphatic carbocycles. The van der Waals surface area contributed by atoms with Gasteiger partial charge in [0.05, 0.1) is 11.1 Å². The summed E-state index contributed by atoms with van der Waals surface area (Å²) in [5.74, 6) is 0. The summed E-state index contributed by atoms with van der Waals surface area (Å²) in [6, 6.07) is 9.37. The van der Waals surface area contributed by atoms with Crippen molar-refractivity contribution in [3.8, 4) is 6.07 Å². The fourth-order valence-corrected chi connectivity index (χ4v) is 1.62. The smallest absolute Gasteiger partial charge is 0.0927 e. The molecule has 0 amide bonds. The number of halogens is 2. The Morgan fingerprint density at radius 3 is 2.75 bits per heavy atom. The van der Waals surface area contributed by atoms with Crippen LogP contribution in [0.4, 0.5) is 0 Å². The fourth-order valence-electron chi connectivity index (χ4n) is 0.789. The van der Waals surface area contributed by atoms with Crippen LogP contribution in [0, 0.1) is 11.3 Å². The van der Waals surface area contributed by atoms with Gasteiger partial charge in [0.15, 0.2) is 0 Å². The predicted octanol–water partition coefficient (Wildman–Crippen LogP) is 3.55. The van der Waals surface area contributed by atoms with Gasteiger partial charge in [-0.2, -0.15) is 5.26 Å². The molecule has 12 heavy (non-hydrogen) atoms. The van der Waals surface area contributed by atoms with Crippen molar-refractivity contribution in [2.75, 3.05) is 0 Å². The molecule has 0 saturated heterocycles. The minimum Gasteiger partial charge on any atom is -0.193 e. The van der Waals surface area contributed by atoms with Gasteiger partial charge < -0.3 is 0 Å². The average Bonchev–Trinajstić information content (AvgIpc) is 2.05. The van der Waals surface area contributed by atoms with Crippen LogP contribution in [-0.2, 0) is 0 Å². The van der Waals surface area contributed by atoms with Gasteiger partial charge in [-0.15, -0.1) is 0 Å². The van der Waals surface area contributed by atoms with Crippen molar-refractivity contribution in [2.45, 2.75) is 0 Å². The second kappa shape index (κ2) is 4.30. The van der Waals surface area contributed by atoms with Crippen molar-refractivity contribution in [1.82, 2.24) is 0 Å². The van der Waals surface area contributed by atoms with Gasteiger partial charge in [0.1, 0.15) is 0 Å². The first-order valence-electron chi connectivity index (χ1n) is 3.26. The van der Waals surface area contributed by atoms with Gasteiger partial charge in [0.25, 0.3) is 0 Å². The maximum absolute atomic E-state index is 8.36. The van der Waals surface area contributed by atoms with Gasteiger partial charge in [-0.1, -0.05) is 45.7 Å². The molecule has 0 radical (unpaired) electrons. The second-order valence-corrected chi connectivity index (χ2v) is 3.36. The van der Waals surface area contributed by atoms with Gasteiger partial charge in [-0.3, -0.25) is 0 Å². The highest BCUT2D eigenvalue weighted by Crippen LogP contribution is 2.26. The third-order valence-corrected chi connectivity index (χ3v) is 2.33. The summed E-state index contributed by atoms with van der Waals surface area (Å²) in [4.78, 5) is 0. The van der Waals surface area contributed by atoms with Crippen LogP contribution in [0.2, 0.25) is 0 Å². The number of hydrogen-bond donors (Lipinski definition) is 0. The van der Waals surface area contributed by atoms with E-state index in [0.717, 1.165) is 10.0 Å². The van der Waals surface area contributed by atoms with Crippen LogP contribution < -0.4 is 0 Å². The highest BCUT2D eigenvalue weighted by Gasteiger charge is 2.00. The molecule has 0 atom stereocenters. The molecular formula is C9H5BrClN. The SMILES string of the molecule is N#C/C=C(\Cl)c1ccccc1Br. The van der Waals surface area contributed by atoms with E-state index in [0.29, 0.717) is 5.03 Å². The quantitative estimate of drug-likeness (QED) is 0.691. The lowest BCUT2D eigenvalue weighted by Crippen LogP contribution is -1.77. The van der Waals surface area contributed by atoms with E-state index < -0.39 is 0 Å². The van der Waals surface area contributed by atoms with Crippen molar-refractivity contribution in [3.05, 3.63) is 40.4 Å². The van der Waals surface area contributed by atoms with Crippen molar-refractivity contribution >= 4 is 32.6 Å². The Balaban J connectivity index is 3.13. The van der Waals surface area contributed by atoms with E-state index in [1.165, 1.54) is 6.08 Å². The van der Waals surface area contributed by atoms with Crippen LogP contribution >= 0.6 is 27.5 Å². The number of rotatable bonds is 1. The number of allylic oxidation sites excluding steroid dienone is 1. The maximum Gasteiger partial charge on any atom is 0.0927 e. The third-order valence-electron chi connectivity index (χ3n) is 1.32. The van der Waals surface area contributed by atoms with Crippen LogP contribution in [0.1, 0.15) is 5.56 Å². The molecule has 1 aromatic rings. The lowest BCUT2D eigenvalue weighted by Gasteiger charge is -1.99. The number of nitrogens with zero attached hydrogens (tertiary/aromatic N) is 1. The Kier molecular flexibility index (Phi) is 3.33. The van der Waals surface area contributed by atoms with Crippen LogP contribution in [0.25, 0.3) is 5.03 Å². The molecule has 0 saturated carbocycles. The second-order valence-electron chi connectivity index (χ2n) is 2.10. The van der Waals surface area contributed by atoms with Crippen LogP contribution in [0.15, 0.2) is 34.8 Å². The van der Waals surface area contributed by atoms with Crippen LogP contribution in [0.5, 0.6) is 0 Å². The van der Waals surface area contributed by atoms with Gasteiger partial charge >= 0.3 is 0 Å². The Hall–Kier alpha value is -0.780. The molecular weight excluding hydrogens is 237 g/mol. The van der Waals surface area contributed by atoms with E-state index >= 15 is 0 Å². The fraction of sp³-hybridized carbons (Fsp3) is 0. The monoisotopic (exact) mass is 241 g/mol. The van der Waals surface area contributed by atoms with Crippen molar-refractivity contribution in [3.63, 3.8) is 0 Å². The Morgan fingerprint density at radius 1 is 1.50 bits per heavy atom. The first-order valence-corrected chi connectivity index (χ1v) is 4.43. The minimum absolute atomic E-state index is 0.449. The summed E-state index contributed by atoms with van der Waals surface area (Å²) in [6.45, 7) is 0. The molecule has 0 unspecified atom stereocenters. The Morgan fingerprint density at radius 2 is 2.17 bits per heavy atom. The molecule has 0 aliphatic rings. The Bertz CT molecular complexity index is 352. The molecule has 60 valence electrons. The highest BCUT2D eigenvalue weighted by molar-refractivity contribution is 9.10. The van der Waals surface area contributed by atoms with Gasteiger partial charge in [-0.05, 0) is 6.07 Å². The van der Waals surface area contributed by atoms with Gasteiger partial charge in [0.2, 0.25) is 0 Å². The summed E-state index contributed by atoms with van der Waals surface area (Å²) >= 11 is 9.15. The highest BCUT2D eigenvalue weighted by atomic mass is 79.9. The molecule has 1 rings (SSSR count). The van der Waals surface area contributed by atoms with E-state index in [4.69, 9.17) is 16.9 Å². The first-order chi connectivity index (χ1) is 5.75. The van der Waals surface area contributed by atoms with Crippen molar-refractivity contribution in [2.24, 2.45) is 0 Å². The van der Waals surface area contributed by atoms with Crippen molar-refractivity contribution in [1.29, 1.82) is 5.26 Å². The van der Waals surface area contributed by atoms with E-state index in [1.807, 2.05) is 30.3 Å². The topological polar surface area (TPSA) is 23.8 Å². The molecule has 0 heterocycles. The van der Waals surface area contributed by atoms with Crippen LogP contribution in [0.3, 0.4) is 0 Å². The molecule has 1 aromatic carbocycles. The normalized spacial score (nSPS) is 10.9. The number of hydrogen-bond acceptors (Lipinski definition) is 1. The summed E-state index contributed by atoms with van der Waals surface area (Å²) in [5.41, 5.74) is 0.834. The predicted molar refractivity (Wildman–Crippen MR) is 53.6 cm³/mol. The third kappa shape index (κ3) is 2.10. The van der Waals surface area contributed by atoms with Crippen molar-refractivity contribution < 1.29 is 0 Å². The molecule has 0 aliphatic heterocycles. The molecule has 0 bridgehead atoms. The number of nitriles is 1. The van der Waals surface area contributed by atoms with Gasteiger partial charge in [-0.25, -0.2) is 0 Å². The van der Waals surface area contributed by atoms with E-state index in [2.05, 4.69) is 15.9 Å². The molecule has 0 fully saturated rings. The zero-order valence-corrected chi connectivity index (χ0v) is 8.43. The summed E-state index contributed by atoms with van der Waals surface area (Å²) in [5, 5.41) is 8.81. The van der Waals surface area contributed by atoms with E-state index in [9.17, 15) is 0 Å². The van der Waals surface area contributed by atoms with E-state index in [-0.39, 0.29) is 0 Å². The molecule has 3 heteroatoms. The number of benzene rings is 1. The zero-order chi connectivity index (χ0) is 8.97. The standard InChI is InChI=1S/C9H5BrClN/c10-8-4-2-1-3-7(8)9(11)5-6-12/h1-5H/b9-5-. The van der Waals surface area contributed by atoms with Crippen LogP contribution in [-0.4, -0.2) is 0 Å². The molecule has 1 nitrogen and oxygen atoms in total. The molecule has 0 N–H and O–H groups in total. The average molecular weight is 243 g/mol. The zero-order valence-electron chi connectivity index (χ0n) is 6.09. The molecule has 0 aromatic heterocycles. The summed E-state index contributed by atoms with van der Waals surface area (Å²) in [6.07, 6.45) is 1.31. The summed E-state index contributed by atoms with van der Waals surface area (Å²) < 4.78 is 0.890. The maximum atomic E-state index is 8.36. The van der Waals surface area contributed by atoms with Gasteiger partial charge in [0, 0.05) is 16.1 Å². The molecule has 0 spiro atoms. The Labute approximate surface area is 84.4 Å².